The van der Waals surface area contributed by atoms with Crippen molar-refractivity contribution in [1.82, 2.24) is 20.5 Å². The lowest BCUT2D eigenvalue weighted by molar-refractivity contribution is -0.117. The monoisotopic (exact) mass is 490 g/mol. The molecule has 0 radical (unpaired) electrons. The van der Waals surface area contributed by atoms with Gasteiger partial charge in [0.05, 0.1) is 32.9 Å². The number of benzene rings is 2. The fourth-order valence-corrected chi connectivity index (χ4v) is 5.11. The highest BCUT2D eigenvalue weighted by Gasteiger charge is 2.43. The van der Waals surface area contributed by atoms with E-state index in [4.69, 9.17) is 11.6 Å². The van der Waals surface area contributed by atoms with Crippen LogP contribution in [0.4, 0.5) is 19.6 Å². The van der Waals surface area contributed by atoms with E-state index in [0.717, 1.165) is 4.70 Å². The topological polar surface area (TPSA) is 85.9 Å². The van der Waals surface area contributed by atoms with Gasteiger partial charge in [0.15, 0.2) is 10.9 Å². The van der Waals surface area contributed by atoms with Crippen LogP contribution in [0.2, 0.25) is 5.02 Å². The summed E-state index contributed by atoms with van der Waals surface area (Å²) in [5.41, 5.74) is 2.84. The van der Waals surface area contributed by atoms with Gasteiger partial charge in [0.25, 0.3) is 0 Å². The summed E-state index contributed by atoms with van der Waals surface area (Å²) in [4.78, 5) is 18.2. The van der Waals surface area contributed by atoms with Crippen LogP contribution in [0.3, 0.4) is 0 Å². The highest BCUT2D eigenvalue weighted by Crippen LogP contribution is 2.43. The highest BCUT2D eigenvalue weighted by atomic mass is 35.5. The molecule has 172 valence electrons. The summed E-state index contributed by atoms with van der Waals surface area (Å²) >= 11 is 7.84. The third-order valence-corrected chi connectivity index (χ3v) is 7.09. The highest BCUT2D eigenvalue weighted by molar-refractivity contribution is 7.22. The Bertz CT molecular complexity index is 1370. The Balaban J connectivity index is 1.55. The predicted octanol–water partition coefficient (Wildman–Crippen LogP) is 4.58. The maximum absolute atomic E-state index is 15.5. The summed E-state index contributed by atoms with van der Waals surface area (Å²) in [5, 5.41) is 13.9. The molecule has 11 heteroatoms. The second-order valence-corrected chi connectivity index (χ2v) is 9.49. The standard InChI is InChI=1S/C22H21ClF2N6OS/c1-26-5-6-31(2)20-18(25)17(23)16(12-9-27-30-19(12)20)10-3-4-14-15(7-10)33-22(28-14)29-21(32)11-8-13(11)24/h3-4,7,9,11,13,26H,5-6,8H2,1-2H3,(H,27,30)(H,28,29,32). The number of amides is 1. The SMILES string of the molecule is CNCCN(C)c1c(F)c(Cl)c(-c2ccc3nc(NC(=O)C4CC4F)sc3c2)c2cn[nH]c12. The van der Waals surface area contributed by atoms with E-state index in [1.165, 1.54) is 11.3 Å². The first-order valence-electron chi connectivity index (χ1n) is 10.4. The van der Waals surface area contributed by atoms with Gasteiger partial charge >= 0.3 is 0 Å². The normalized spacial score (nSPS) is 17.6. The number of fused-ring (bicyclic) bond motifs is 2. The van der Waals surface area contributed by atoms with Gasteiger partial charge in [0.1, 0.15) is 11.9 Å². The van der Waals surface area contributed by atoms with Crippen molar-refractivity contribution in [3.8, 4) is 11.1 Å². The summed E-state index contributed by atoms with van der Waals surface area (Å²) in [6.45, 7) is 1.27. The van der Waals surface area contributed by atoms with Gasteiger partial charge < -0.3 is 15.5 Å². The Morgan fingerprint density at radius 3 is 2.94 bits per heavy atom. The number of likely N-dealkylation sites (N-methyl/N-ethyl adjacent to an activating group) is 2. The summed E-state index contributed by atoms with van der Waals surface area (Å²) in [7, 11) is 3.64. The van der Waals surface area contributed by atoms with Crippen LogP contribution in [-0.4, -0.2) is 54.4 Å². The smallest absolute Gasteiger partial charge is 0.232 e. The minimum absolute atomic E-state index is 0.00956. The molecule has 0 bridgehead atoms. The lowest BCUT2D eigenvalue weighted by Gasteiger charge is -2.22. The Hall–Kier alpha value is -2.82. The Morgan fingerprint density at radius 1 is 1.42 bits per heavy atom. The van der Waals surface area contributed by atoms with Gasteiger partial charge in [0, 0.05) is 31.1 Å². The molecule has 0 spiro atoms. The largest absolute Gasteiger partial charge is 0.369 e. The van der Waals surface area contributed by atoms with E-state index < -0.39 is 17.9 Å². The molecule has 2 aromatic heterocycles. The molecular weight excluding hydrogens is 470 g/mol. The van der Waals surface area contributed by atoms with Crippen molar-refractivity contribution in [2.75, 3.05) is 37.4 Å². The molecule has 0 saturated heterocycles. The quantitative estimate of drug-likeness (QED) is 0.353. The average Bonchev–Trinajstić information content (AvgIpc) is 3.16. The van der Waals surface area contributed by atoms with Crippen LogP contribution in [0, 0.1) is 11.7 Å². The first kappa shape index (κ1) is 22.0. The van der Waals surface area contributed by atoms with Crippen molar-refractivity contribution in [3.63, 3.8) is 0 Å². The number of alkyl halides is 1. The molecule has 3 N–H and O–H groups in total. The van der Waals surface area contributed by atoms with Gasteiger partial charge in [-0.25, -0.2) is 13.8 Å². The average molecular weight is 491 g/mol. The number of carbonyl (C=O) groups excluding carboxylic acids is 1. The van der Waals surface area contributed by atoms with E-state index in [2.05, 4.69) is 25.8 Å². The van der Waals surface area contributed by atoms with Crippen LogP contribution in [0.5, 0.6) is 0 Å². The molecule has 2 atom stereocenters. The van der Waals surface area contributed by atoms with Crippen LogP contribution >= 0.6 is 22.9 Å². The van der Waals surface area contributed by atoms with Gasteiger partial charge in [0.2, 0.25) is 5.91 Å². The first-order chi connectivity index (χ1) is 15.9. The van der Waals surface area contributed by atoms with Crippen molar-refractivity contribution in [1.29, 1.82) is 0 Å². The number of nitrogens with zero attached hydrogens (tertiary/aromatic N) is 3. The van der Waals surface area contributed by atoms with Crippen LogP contribution in [0.15, 0.2) is 24.4 Å². The molecule has 1 amide bonds. The number of rotatable bonds is 7. The number of hydrogen-bond acceptors (Lipinski definition) is 6. The third-order valence-electron chi connectivity index (χ3n) is 5.80. The summed E-state index contributed by atoms with van der Waals surface area (Å²) in [5.74, 6) is -1.47. The number of hydrogen-bond donors (Lipinski definition) is 3. The van der Waals surface area contributed by atoms with E-state index in [-0.39, 0.29) is 17.4 Å². The van der Waals surface area contributed by atoms with E-state index in [1.807, 2.05) is 19.2 Å². The fourth-order valence-electron chi connectivity index (χ4n) is 3.90. The first-order valence-corrected chi connectivity index (χ1v) is 11.6. The summed E-state index contributed by atoms with van der Waals surface area (Å²) in [6.07, 6.45) is 0.823. The Morgan fingerprint density at radius 2 is 2.21 bits per heavy atom. The molecular formula is C22H21ClF2N6OS. The van der Waals surface area contributed by atoms with Gasteiger partial charge in [-0.05, 0) is 31.2 Å². The lowest BCUT2D eigenvalue weighted by Crippen LogP contribution is -2.28. The molecule has 4 aromatic rings. The number of carbonyl (C=O) groups is 1. The van der Waals surface area contributed by atoms with Crippen molar-refractivity contribution >= 4 is 60.8 Å². The number of H-pyrrole nitrogens is 1. The van der Waals surface area contributed by atoms with E-state index >= 15 is 4.39 Å². The molecule has 1 saturated carbocycles. The molecule has 1 aliphatic carbocycles. The molecule has 2 unspecified atom stereocenters. The maximum atomic E-state index is 15.5. The van der Waals surface area contributed by atoms with E-state index in [1.54, 1.807) is 24.2 Å². The Labute approximate surface area is 197 Å². The van der Waals surface area contributed by atoms with E-state index in [0.29, 0.717) is 51.5 Å². The summed E-state index contributed by atoms with van der Waals surface area (Å²) < 4.78 is 29.4. The van der Waals surface area contributed by atoms with Crippen LogP contribution in [0.25, 0.3) is 32.2 Å². The van der Waals surface area contributed by atoms with Crippen molar-refractivity contribution in [2.24, 2.45) is 5.92 Å². The molecule has 33 heavy (non-hydrogen) atoms. The lowest BCUT2D eigenvalue weighted by atomic mass is 10.00. The van der Waals surface area contributed by atoms with E-state index in [9.17, 15) is 9.18 Å². The molecule has 2 aromatic carbocycles. The zero-order valence-electron chi connectivity index (χ0n) is 17.9. The number of aromatic nitrogens is 3. The van der Waals surface area contributed by atoms with Gasteiger partial charge in [-0.3, -0.25) is 9.89 Å². The van der Waals surface area contributed by atoms with Crippen molar-refractivity contribution in [3.05, 3.63) is 35.2 Å². The maximum Gasteiger partial charge on any atom is 0.232 e. The summed E-state index contributed by atoms with van der Waals surface area (Å²) in [6, 6.07) is 5.46. The minimum atomic E-state index is -1.07. The fraction of sp³-hybridized carbons (Fsp3) is 0.318. The zero-order chi connectivity index (χ0) is 23.3. The molecule has 1 aliphatic rings. The number of aromatic amines is 1. The number of anilines is 2. The second kappa shape index (κ2) is 8.51. The van der Waals surface area contributed by atoms with Crippen molar-refractivity contribution in [2.45, 2.75) is 12.6 Å². The molecule has 2 heterocycles. The second-order valence-electron chi connectivity index (χ2n) is 8.08. The van der Waals surface area contributed by atoms with Crippen LogP contribution in [0.1, 0.15) is 6.42 Å². The number of thiazole rings is 1. The van der Waals surface area contributed by atoms with Crippen LogP contribution < -0.4 is 15.5 Å². The minimum Gasteiger partial charge on any atom is -0.369 e. The molecule has 0 aliphatic heterocycles. The number of halogens is 3. The van der Waals surface area contributed by atoms with Crippen LogP contribution in [-0.2, 0) is 4.79 Å². The zero-order valence-corrected chi connectivity index (χ0v) is 19.4. The third kappa shape index (κ3) is 3.92. The Kier molecular flexibility index (Phi) is 5.67. The molecule has 5 rings (SSSR count). The molecule has 1 fully saturated rings. The number of nitrogens with one attached hydrogen (secondary N) is 3. The van der Waals surface area contributed by atoms with Gasteiger partial charge in [-0.15, -0.1) is 0 Å². The predicted molar refractivity (Wildman–Crippen MR) is 129 cm³/mol. The van der Waals surface area contributed by atoms with Crippen molar-refractivity contribution < 1.29 is 13.6 Å². The van der Waals surface area contributed by atoms with Gasteiger partial charge in [-0.1, -0.05) is 29.0 Å². The van der Waals surface area contributed by atoms with Gasteiger partial charge in [-0.2, -0.15) is 5.10 Å². The molecule has 7 nitrogen and oxygen atoms in total.